The number of nitrogens with zero attached hydrogens (tertiary/aromatic N) is 1. The minimum Gasteiger partial charge on any atom is -0.489 e. The Bertz CT molecular complexity index is 967. The number of carbonyl (C=O) groups is 2. The fraction of sp³-hybridized carbons (Fsp3) is 0.583. The highest BCUT2D eigenvalue weighted by atomic mass is 35.5. The van der Waals surface area contributed by atoms with E-state index >= 15 is 0 Å². The molecule has 2 heterocycles. The predicted octanol–water partition coefficient (Wildman–Crippen LogP) is 3.82. The molecule has 1 unspecified atom stereocenters. The van der Waals surface area contributed by atoms with Crippen LogP contribution in [0.4, 0.5) is 4.79 Å². The summed E-state index contributed by atoms with van der Waals surface area (Å²) >= 11 is 12.7. The van der Waals surface area contributed by atoms with Gasteiger partial charge in [-0.15, -0.1) is 0 Å². The van der Waals surface area contributed by atoms with Crippen LogP contribution in [0, 0.1) is 11.8 Å². The lowest BCUT2D eigenvalue weighted by Gasteiger charge is -2.39. The van der Waals surface area contributed by atoms with Gasteiger partial charge in [-0.2, -0.15) is 0 Å². The molecule has 2 atom stereocenters. The second kappa shape index (κ2) is 12.0. The zero-order chi connectivity index (χ0) is 25.8. The van der Waals surface area contributed by atoms with Crippen LogP contribution < -0.4 is 20.1 Å². The highest BCUT2D eigenvalue weighted by Crippen LogP contribution is 2.40. The van der Waals surface area contributed by atoms with Gasteiger partial charge in [0.25, 0.3) is 0 Å². The van der Waals surface area contributed by atoms with Gasteiger partial charge in [0.05, 0.1) is 37.7 Å². The van der Waals surface area contributed by atoms with E-state index in [9.17, 15) is 13.8 Å². The van der Waals surface area contributed by atoms with Gasteiger partial charge in [0, 0.05) is 37.8 Å². The standard InChI is InChI=1S/C24H34Cl2N4O4S/c1-5-10-34-20-12-19(26)18(25)11-17(20)21(29-35(33)24(2,3)4)15-6-8-30(9-7-15)22(31)16-13-27-23(32)28-14-16/h5,11-12,15-16,21,29H,1,6-10,13-14H2,2-4H3,(H2,27,28,32)/t21-,35?/m1/s1. The fourth-order valence-electron chi connectivity index (χ4n) is 4.22. The van der Waals surface area contributed by atoms with Crippen molar-refractivity contribution < 1.29 is 18.5 Å². The van der Waals surface area contributed by atoms with Crippen LogP contribution >= 0.6 is 23.2 Å². The molecular weight excluding hydrogens is 511 g/mol. The van der Waals surface area contributed by atoms with Crippen LogP contribution in [0.15, 0.2) is 24.8 Å². The first-order valence-electron chi connectivity index (χ1n) is 11.7. The third kappa shape index (κ3) is 7.12. The number of halogens is 2. The van der Waals surface area contributed by atoms with E-state index in [0.29, 0.717) is 61.4 Å². The number of ether oxygens (including phenoxy) is 1. The number of urea groups is 1. The van der Waals surface area contributed by atoms with Gasteiger partial charge < -0.3 is 20.3 Å². The molecule has 1 aromatic carbocycles. The Morgan fingerprint density at radius 2 is 1.86 bits per heavy atom. The van der Waals surface area contributed by atoms with E-state index in [2.05, 4.69) is 21.9 Å². The van der Waals surface area contributed by atoms with Crippen LogP contribution in [-0.4, -0.2) is 58.6 Å². The first-order chi connectivity index (χ1) is 16.5. The van der Waals surface area contributed by atoms with Crippen molar-refractivity contribution >= 4 is 46.1 Å². The van der Waals surface area contributed by atoms with Crippen molar-refractivity contribution in [1.29, 1.82) is 0 Å². The molecule has 35 heavy (non-hydrogen) atoms. The fourth-order valence-corrected chi connectivity index (χ4v) is 5.45. The predicted molar refractivity (Wildman–Crippen MR) is 140 cm³/mol. The van der Waals surface area contributed by atoms with Gasteiger partial charge in [0.2, 0.25) is 5.91 Å². The number of hydrogen-bond acceptors (Lipinski definition) is 4. The normalized spacial score (nSPS) is 19.5. The number of hydrogen-bond donors (Lipinski definition) is 3. The first kappa shape index (κ1) is 27.8. The zero-order valence-electron chi connectivity index (χ0n) is 20.4. The molecule has 3 N–H and O–H groups in total. The molecule has 0 saturated carbocycles. The summed E-state index contributed by atoms with van der Waals surface area (Å²) in [4.78, 5) is 26.2. The number of amides is 3. The van der Waals surface area contributed by atoms with Crippen molar-refractivity contribution in [3.05, 3.63) is 40.4 Å². The maximum absolute atomic E-state index is 13.2. The smallest absolute Gasteiger partial charge is 0.314 e. The number of piperidine rings is 1. The van der Waals surface area contributed by atoms with Crippen LogP contribution in [0.3, 0.4) is 0 Å². The lowest BCUT2D eigenvalue weighted by molar-refractivity contribution is -0.136. The Balaban J connectivity index is 1.82. The van der Waals surface area contributed by atoms with E-state index in [1.165, 1.54) is 0 Å². The number of rotatable bonds is 8. The zero-order valence-corrected chi connectivity index (χ0v) is 22.7. The second-order valence-electron chi connectivity index (χ2n) is 9.83. The van der Waals surface area contributed by atoms with Gasteiger partial charge in [-0.05, 0) is 45.6 Å². The number of carbonyl (C=O) groups excluding carboxylic acids is 2. The van der Waals surface area contributed by atoms with Crippen molar-refractivity contribution in [3.8, 4) is 5.75 Å². The van der Waals surface area contributed by atoms with E-state index in [0.717, 1.165) is 5.56 Å². The average molecular weight is 546 g/mol. The molecule has 3 amide bonds. The molecule has 0 aliphatic carbocycles. The highest BCUT2D eigenvalue weighted by molar-refractivity contribution is 7.84. The summed E-state index contributed by atoms with van der Waals surface area (Å²) in [5, 5.41) is 6.13. The summed E-state index contributed by atoms with van der Waals surface area (Å²) in [6.45, 7) is 11.6. The largest absolute Gasteiger partial charge is 0.489 e. The van der Waals surface area contributed by atoms with E-state index in [4.69, 9.17) is 27.9 Å². The minimum atomic E-state index is -1.35. The molecule has 2 aliphatic heterocycles. The van der Waals surface area contributed by atoms with Crippen LogP contribution in [0.1, 0.15) is 45.2 Å². The Morgan fingerprint density at radius 1 is 1.26 bits per heavy atom. The summed E-state index contributed by atoms with van der Waals surface area (Å²) in [5.74, 6) is 0.395. The van der Waals surface area contributed by atoms with E-state index < -0.39 is 15.7 Å². The summed E-state index contributed by atoms with van der Waals surface area (Å²) < 4.78 is 21.9. The molecule has 1 aromatic rings. The van der Waals surface area contributed by atoms with Crippen molar-refractivity contribution in [2.75, 3.05) is 32.8 Å². The molecule has 0 spiro atoms. The van der Waals surface area contributed by atoms with Gasteiger partial charge >= 0.3 is 6.03 Å². The summed E-state index contributed by atoms with van der Waals surface area (Å²) in [6.07, 6.45) is 3.06. The SMILES string of the molecule is C=CCOc1cc(Cl)c(Cl)cc1[C@H](NS(=O)C(C)(C)C)C1CCN(C(=O)C2CNC(=O)NC2)CC1. The average Bonchev–Trinajstić information content (AvgIpc) is 2.82. The quantitative estimate of drug-likeness (QED) is 0.433. The minimum absolute atomic E-state index is 0.0308. The monoisotopic (exact) mass is 544 g/mol. The topological polar surface area (TPSA) is 99.8 Å². The summed E-state index contributed by atoms with van der Waals surface area (Å²) in [5.41, 5.74) is 0.780. The van der Waals surface area contributed by atoms with Gasteiger partial charge in [-0.25, -0.2) is 13.7 Å². The van der Waals surface area contributed by atoms with Crippen LogP contribution in [0.5, 0.6) is 5.75 Å². The third-order valence-corrected chi connectivity index (χ3v) is 8.53. The first-order valence-corrected chi connectivity index (χ1v) is 13.6. The molecule has 194 valence electrons. The molecule has 0 bridgehead atoms. The molecule has 8 nitrogen and oxygen atoms in total. The second-order valence-corrected chi connectivity index (χ2v) is 12.6. The number of likely N-dealkylation sites (tertiary alicyclic amines) is 1. The maximum Gasteiger partial charge on any atom is 0.314 e. The summed E-state index contributed by atoms with van der Waals surface area (Å²) in [6, 6.07) is 2.89. The third-order valence-electron chi connectivity index (χ3n) is 6.22. The van der Waals surface area contributed by atoms with Crippen LogP contribution in [0.2, 0.25) is 10.0 Å². The Morgan fingerprint density at radius 3 is 2.43 bits per heavy atom. The van der Waals surface area contributed by atoms with Crippen molar-refractivity contribution in [2.45, 2.75) is 44.4 Å². The molecule has 0 aromatic heterocycles. The van der Waals surface area contributed by atoms with E-state index in [-0.39, 0.29) is 29.8 Å². The van der Waals surface area contributed by atoms with Crippen LogP contribution in [0.25, 0.3) is 0 Å². The maximum atomic E-state index is 13.2. The van der Waals surface area contributed by atoms with Crippen molar-refractivity contribution in [2.24, 2.45) is 11.8 Å². The number of benzene rings is 1. The molecule has 2 saturated heterocycles. The van der Waals surface area contributed by atoms with Gasteiger partial charge in [-0.3, -0.25) is 4.79 Å². The van der Waals surface area contributed by atoms with Crippen molar-refractivity contribution in [1.82, 2.24) is 20.3 Å². The Labute approximate surface area is 219 Å². The molecule has 2 fully saturated rings. The Hall–Kier alpha value is -1.81. The van der Waals surface area contributed by atoms with Crippen molar-refractivity contribution in [3.63, 3.8) is 0 Å². The number of nitrogens with one attached hydrogen (secondary N) is 3. The molecule has 0 radical (unpaired) electrons. The summed E-state index contributed by atoms with van der Waals surface area (Å²) in [7, 11) is -1.35. The lowest BCUT2D eigenvalue weighted by atomic mass is 9.85. The van der Waals surface area contributed by atoms with E-state index in [1.807, 2.05) is 25.7 Å². The molecular formula is C24H34Cl2N4O4S. The Kier molecular flexibility index (Phi) is 9.48. The van der Waals surface area contributed by atoms with Crippen LogP contribution in [-0.2, 0) is 15.8 Å². The van der Waals surface area contributed by atoms with Gasteiger partial charge in [0.15, 0.2) is 0 Å². The van der Waals surface area contributed by atoms with Gasteiger partial charge in [-0.1, -0.05) is 35.9 Å². The molecule has 3 rings (SSSR count). The van der Waals surface area contributed by atoms with Gasteiger partial charge in [0.1, 0.15) is 12.4 Å². The lowest BCUT2D eigenvalue weighted by Crippen LogP contribution is -2.55. The highest BCUT2D eigenvalue weighted by Gasteiger charge is 2.36. The molecule has 2 aliphatic rings. The van der Waals surface area contributed by atoms with E-state index in [1.54, 1.807) is 18.2 Å². The molecule has 11 heteroatoms.